The van der Waals surface area contributed by atoms with Crippen LogP contribution in [0, 0.1) is 0 Å². The van der Waals surface area contributed by atoms with Crippen LogP contribution in [0.25, 0.3) is 0 Å². The Kier molecular flexibility index (Phi) is 8.21. The number of hydrogen-bond acceptors (Lipinski definition) is 2. The summed E-state index contributed by atoms with van der Waals surface area (Å²) in [6.45, 7) is 2.17. The van der Waals surface area contributed by atoms with Crippen LogP contribution in [0.5, 0.6) is 0 Å². The normalized spacial score (nSPS) is 12.5. The van der Waals surface area contributed by atoms with Gasteiger partial charge in [0.15, 0.2) is 0 Å². The van der Waals surface area contributed by atoms with Crippen LogP contribution in [0.4, 0.5) is 0 Å². The molecule has 0 aromatic heterocycles. The van der Waals surface area contributed by atoms with Crippen LogP contribution in [-0.4, -0.2) is 18.5 Å². The van der Waals surface area contributed by atoms with Crippen molar-refractivity contribution >= 4 is 17.6 Å². The third-order valence-electron chi connectivity index (χ3n) is 1.99. The van der Waals surface area contributed by atoms with E-state index in [1.54, 1.807) is 0 Å². The molecule has 0 heterocycles. The third-order valence-corrected chi connectivity index (χ3v) is 2.36. The van der Waals surface area contributed by atoms with Crippen molar-refractivity contribution in [1.29, 1.82) is 0 Å². The summed E-state index contributed by atoms with van der Waals surface area (Å²) < 4.78 is 4.52. The standard InChI is InChI=1S/C10H19ClO2/c1-3-4-5-6-7-9(11)8-10(12)13-2/h9H,3-8H2,1-2H3/t9-/m0/s1. The van der Waals surface area contributed by atoms with Crippen molar-refractivity contribution in [3.63, 3.8) is 0 Å². The summed E-state index contributed by atoms with van der Waals surface area (Å²) >= 11 is 5.93. The number of alkyl halides is 1. The topological polar surface area (TPSA) is 26.3 Å². The van der Waals surface area contributed by atoms with Gasteiger partial charge < -0.3 is 4.74 Å². The van der Waals surface area contributed by atoms with Crippen LogP contribution in [0.2, 0.25) is 0 Å². The smallest absolute Gasteiger partial charge is 0.307 e. The molecule has 0 aliphatic carbocycles. The average Bonchev–Trinajstić information content (AvgIpc) is 2.12. The summed E-state index contributed by atoms with van der Waals surface area (Å²) in [5.74, 6) is -0.213. The lowest BCUT2D eigenvalue weighted by Crippen LogP contribution is -2.09. The zero-order chi connectivity index (χ0) is 10.1. The Morgan fingerprint density at radius 3 is 2.62 bits per heavy atom. The number of carbonyl (C=O) groups excluding carboxylic acids is 1. The maximum absolute atomic E-state index is 10.8. The highest BCUT2D eigenvalue weighted by molar-refractivity contribution is 6.21. The van der Waals surface area contributed by atoms with Gasteiger partial charge in [0.05, 0.1) is 13.5 Å². The van der Waals surface area contributed by atoms with Gasteiger partial charge in [0.2, 0.25) is 0 Å². The van der Waals surface area contributed by atoms with Crippen LogP contribution in [0.3, 0.4) is 0 Å². The number of rotatable bonds is 7. The molecule has 0 rings (SSSR count). The first-order valence-electron chi connectivity index (χ1n) is 4.91. The van der Waals surface area contributed by atoms with Gasteiger partial charge in [0, 0.05) is 5.38 Å². The van der Waals surface area contributed by atoms with E-state index in [9.17, 15) is 4.79 Å². The van der Waals surface area contributed by atoms with Crippen LogP contribution >= 0.6 is 11.6 Å². The van der Waals surface area contributed by atoms with E-state index in [1.807, 2.05) is 0 Å². The van der Waals surface area contributed by atoms with E-state index in [4.69, 9.17) is 11.6 Å². The van der Waals surface area contributed by atoms with E-state index >= 15 is 0 Å². The lowest BCUT2D eigenvalue weighted by molar-refractivity contribution is -0.140. The van der Waals surface area contributed by atoms with Crippen molar-refractivity contribution in [2.75, 3.05) is 7.11 Å². The van der Waals surface area contributed by atoms with Crippen LogP contribution in [-0.2, 0) is 9.53 Å². The molecule has 3 heteroatoms. The van der Waals surface area contributed by atoms with Crippen molar-refractivity contribution in [2.24, 2.45) is 0 Å². The van der Waals surface area contributed by atoms with Gasteiger partial charge in [-0.25, -0.2) is 0 Å². The summed E-state index contributed by atoms with van der Waals surface area (Å²) in [5, 5.41) is -0.0516. The predicted octanol–water partition coefficient (Wildman–Crippen LogP) is 3.13. The Balaban J connectivity index is 3.29. The minimum atomic E-state index is -0.213. The lowest BCUT2D eigenvalue weighted by atomic mass is 10.1. The number of ether oxygens (including phenoxy) is 1. The van der Waals surface area contributed by atoms with Crippen molar-refractivity contribution in [3.05, 3.63) is 0 Å². The molecule has 0 saturated heterocycles. The molecule has 1 atom stereocenters. The molecule has 13 heavy (non-hydrogen) atoms. The highest BCUT2D eigenvalue weighted by Crippen LogP contribution is 2.13. The second-order valence-corrected chi connectivity index (χ2v) is 3.84. The second-order valence-electron chi connectivity index (χ2n) is 3.23. The van der Waals surface area contributed by atoms with Gasteiger partial charge in [-0.1, -0.05) is 32.6 Å². The van der Waals surface area contributed by atoms with Gasteiger partial charge in [-0.2, -0.15) is 0 Å². The molecule has 0 N–H and O–H groups in total. The summed E-state index contributed by atoms with van der Waals surface area (Å²) in [4.78, 5) is 10.8. The Bertz CT molecular complexity index is 137. The molecule has 0 aliphatic heterocycles. The van der Waals surface area contributed by atoms with Gasteiger partial charge in [0.25, 0.3) is 0 Å². The fourth-order valence-electron chi connectivity index (χ4n) is 1.16. The summed E-state index contributed by atoms with van der Waals surface area (Å²) in [5.41, 5.74) is 0. The Morgan fingerprint density at radius 2 is 2.08 bits per heavy atom. The monoisotopic (exact) mass is 206 g/mol. The molecule has 0 spiro atoms. The molecule has 2 nitrogen and oxygen atoms in total. The van der Waals surface area contributed by atoms with Crippen LogP contribution in [0.15, 0.2) is 0 Å². The maximum atomic E-state index is 10.8. The van der Waals surface area contributed by atoms with Crippen molar-refractivity contribution in [3.8, 4) is 0 Å². The summed E-state index contributed by atoms with van der Waals surface area (Å²) in [7, 11) is 1.39. The molecule has 0 saturated carbocycles. The Labute approximate surface area is 85.6 Å². The van der Waals surface area contributed by atoms with E-state index in [0.717, 1.165) is 12.8 Å². The van der Waals surface area contributed by atoms with Crippen molar-refractivity contribution < 1.29 is 9.53 Å². The molecule has 0 fully saturated rings. The van der Waals surface area contributed by atoms with Crippen LogP contribution in [0.1, 0.15) is 45.4 Å². The molecule has 0 bridgehead atoms. The highest BCUT2D eigenvalue weighted by Gasteiger charge is 2.10. The molecule has 78 valence electrons. The first-order chi connectivity index (χ1) is 6.20. The predicted molar refractivity (Wildman–Crippen MR) is 55.0 cm³/mol. The number of hydrogen-bond donors (Lipinski definition) is 0. The van der Waals surface area contributed by atoms with Gasteiger partial charge in [-0.3, -0.25) is 4.79 Å². The minimum absolute atomic E-state index is 0.0516. The van der Waals surface area contributed by atoms with E-state index in [0.29, 0.717) is 6.42 Å². The molecule has 0 aromatic rings. The lowest BCUT2D eigenvalue weighted by Gasteiger charge is -2.06. The molecule has 0 aliphatic rings. The number of halogens is 1. The van der Waals surface area contributed by atoms with E-state index in [1.165, 1.54) is 26.4 Å². The number of esters is 1. The maximum Gasteiger partial charge on any atom is 0.307 e. The second kappa shape index (κ2) is 8.36. The SMILES string of the molecule is CCCCCC[C@H](Cl)CC(=O)OC. The Morgan fingerprint density at radius 1 is 1.38 bits per heavy atom. The first kappa shape index (κ1) is 12.8. The third kappa shape index (κ3) is 8.10. The van der Waals surface area contributed by atoms with Gasteiger partial charge >= 0.3 is 5.97 Å². The van der Waals surface area contributed by atoms with E-state index in [2.05, 4.69) is 11.7 Å². The molecule has 0 aromatic carbocycles. The van der Waals surface area contributed by atoms with Crippen LogP contribution < -0.4 is 0 Å². The molecular weight excluding hydrogens is 188 g/mol. The number of methoxy groups -OCH3 is 1. The fourth-order valence-corrected chi connectivity index (χ4v) is 1.44. The summed E-state index contributed by atoms with van der Waals surface area (Å²) in [6, 6.07) is 0. The molecule has 0 unspecified atom stereocenters. The number of unbranched alkanes of at least 4 members (excludes halogenated alkanes) is 3. The average molecular weight is 207 g/mol. The quantitative estimate of drug-likeness (QED) is 0.364. The van der Waals surface area contributed by atoms with Gasteiger partial charge in [-0.05, 0) is 6.42 Å². The van der Waals surface area contributed by atoms with Gasteiger partial charge in [-0.15, -0.1) is 11.6 Å². The minimum Gasteiger partial charge on any atom is -0.469 e. The molecule has 0 radical (unpaired) electrons. The largest absolute Gasteiger partial charge is 0.469 e. The van der Waals surface area contributed by atoms with E-state index in [-0.39, 0.29) is 11.3 Å². The van der Waals surface area contributed by atoms with Gasteiger partial charge in [0.1, 0.15) is 0 Å². The number of carbonyl (C=O) groups is 1. The van der Waals surface area contributed by atoms with Crippen molar-refractivity contribution in [1.82, 2.24) is 0 Å². The molecular formula is C10H19ClO2. The zero-order valence-corrected chi connectivity index (χ0v) is 9.27. The zero-order valence-electron chi connectivity index (χ0n) is 8.51. The molecule has 0 amide bonds. The highest BCUT2D eigenvalue weighted by atomic mass is 35.5. The van der Waals surface area contributed by atoms with Crippen molar-refractivity contribution in [2.45, 2.75) is 50.8 Å². The Hall–Kier alpha value is -0.240. The van der Waals surface area contributed by atoms with E-state index < -0.39 is 0 Å². The summed E-state index contributed by atoms with van der Waals surface area (Å²) in [6.07, 6.45) is 6.05. The first-order valence-corrected chi connectivity index (χ1v) is 5.35. The fraction of sp³-hybridized carbons (Fsp3) is 0.900.